The molecule has 4 nitrogen and oxygen atoms in total. The van der Waals surface area contributed by atoms with E-state index in [-0.39, 0.29) is 11.8 Å². The monoisotopic (exact) mass is 336 g/mol. The highest BCUT2D eigenvalue weighted by molar-refractivity contribution is 6.45. The van der Waals surface area contributed by atoms with E-state index in [0.717, 1.165) is 36.4 Å². The molecule has 126 valence electrons. The molecular weight excluding hydrogens is 319 g/mol. The molecular formula is C20H17FN2O2. The summed E-state index contributed by atoms with van der Waals surface area (Å²) in [5.74, 6) is -1.10. The maximum Gasteiger partial charge on any atom is 0.282 e. The number of hydrogen-bond acceptors (Lipinski definition) is 3. The van der Waals surface area contributed by atoms with Crippen molar-refractivity contribution in [1.29, 1.82) is 0 Å². The van der Waals surface area contributed by atoms with E-state index in [1.54, 1.807) is 0 Å². The zero-order valence-electron chi connectivity index (χ0n) is 13.6. The number of likely N-dealkylation sites (tertiary alicyclic amines) is 1. The fraction of sp³-hybridized carbons (Fsp3) is 0.200. The standard InChI is InChI=1S/C20H17FN2O2/c21-15-8-10-16(11-9-15)23-19(24)17(14-6-2-1-3-7-14)18(20(23)25)22-12-4-5-13-22/h1-3,6-11H,4-5,12-13H2. The van der Waals surface area contributed by atoms with Gasteiger partial charge >= 0.3 is 0 Å². The Balaban J connectivity index is 1.82. The summed E-state index contributed by atoms with van der Waals surface area (Å²) >= 11 is 0. The smallest absolute Gasteiger partial charge is 0.282 e. The fourth-order valence-electron chi connectivity index (χ4n) is 3.44. The molecule has 5 heteroatoms. The minimum Gasteiger partial charge on any atom is -0.366 e. The maximum absolute atomic E-state index is 13.2. The van der Waals surface area contributed by atoms with Crippen LogP contribution in [0.1, 0.15) is 18.4 Å². The summed E-state index contributed by atoms with van der Waals surface area (Å²) in [6.45, 7) is 1.53. The second-order valence-corrected chi connectivity index (χ2v) is 6.21. The van der Waals surface area contributed by atoms with Gasteiger partial charge in [0, 0.05) is 13.1 Å². The Kier molecular flexibility index (Phi) is 3.84. The number of carbonyl (C=O) groups excluding carboxylic acids is 2. The lowest BCUT2D eigenvalue weighted by Crippen LogP contribution is -2.34. The minimum atomic E-state index is -0.404. The van der Waals surface area contributed by atoms with E-state index < -0.39 is 5.82 Å². The number of carbonyl (C=O) groups is 2. The van der Waals surface area contributed by atoms with Gasteiger partial charge in [-0.25, -0.2) is 9.29 Å². The van der Waals surface area contributed by atoms with Crippen LogP contribution in [0.15, 0.2) is 60.3 Å². The lowest BCUT2D eigenvalue weighted by atomic mass is 10.0. The first kappa shape index (κ1) is 15.6. The van der Waals surface area contributed by atoms with Crippen molar-refractivity contribution in [2.75, 3.05) is 18.0 Å². The minimum absolute atomic E-state index is 0.336. The van der Waals surface area contributed by atoms with Crippen molar-refractivity contribution in [3.8, 4) is 0 Å². The molecule has 0 aliphatic carbocycles. The number of imide groups is 1. The largest absolute Gasteiger partial charge is 0.366 e. The molecule has 0 saturated carbocycles. The second kappa shape index (κ2) is 6.16. The summed E-state index contributed by atoms with van der Waals surface area (Å²) in [6.07, 6.45) is 2.01. The van der Waals surface area contributed by atoms with E-state index in [4.69, 9.17) is 0 Å². The first-order valence-corrected chi connectivity index (χ1v) is 8.36. The molecule has 2 aliphatic heterocycles. The van der Waals surface area contributed by atoms with Crippen molar-refractivity contribution < 1.29 is 14.0 Å². The molecule has 2 aromatic carbocycles. The average Bonchev–Trinajstić information content (AvgIpc) is 3.23. The molecule has 4 rings (SSSR count). The Morgan fingerprint density at radius 1 is 0.800 bits per heavy atom. The van der Waals surface area contributed by atoms with Crippen molar-refractivity contribution in [2.24, 2.45) is 0 Å². The van der Waals surface area contributed by atoms with Gasteiger partial charge in [-0.2, -0.15) is 0 Å². The van der Waals surface area contributed by atoms with Gasteiger partial charge < -0.3 is 4.90 Å². The van der Waals surface area contributed by atoms with Gasteiger partial charge in [0.2, 0.25) is 0 Å². The molecule has 2 aliphatic rings. The van der Waals surface area contributed by atoms with Gasteiger partial charge in [-0.05, 0) is 42.7 Å². The molecule has 1 fully saturated rings. The number of hydrogen-bond donors (Lipinski definition) is 0. The Bertz CT molecular complexity index is 853. The van der Waals surface area contributed by atoms with Gasteiger partial charge in [0.25, 0.3) is 11.8 Å². The first-order valence-electron chi connectivity index (χ1n) is 8.36. The van der Waals surface area contributed by atoms with Crippen LogP contribution in [0.5, 0.6) is 0 Å². The summed E-state index contributed by atoms with van der Waals surface area (Å²) in [6, 6.07) is 14.7. The van der Waals surface area contributed by atoms with E-state index in [0.29, 0.717) is 17.0 Å². The van der Waals surface area contributed by atoms with Crippen LogP contribution >= 0.6 is 0 Å². The van der Waals surface area contributed by atoms with E-state index in [2.05, 4.69) is 0 Å². The van der Waals surface area contributed by atoms with Crippen LogP contribution in [-0.4, -0.2) is 29.8 Å². The molecule has 2 heterocycles. The first-order chi connectivity index (χ1) is 12.2. The molecule has 0 N–H and O–H groups in total. The molecule has 25 heavy (non-hydrogen) atoms. The quantitative estimate of drug-likeness (QED) is 0.808. The van der Waals surface area contributed by atoms with E-state index in [1.807, 2.05) is 35.2 Å². The molecule has 0 spiro atoms. The van der Waals surface area contributed by atoms with Crippen molar-refractivity contribution in [3.05, 3.63) is 71.7 Å². The van der Waals surface area contributed by atoms with E-state index in [9.17, 15) is 14.0 Å². The van der Waals surface area contributed by atoms with Gasteiger partial charge in [-0.1, -0.05) is 30.3 Å². The molecule has 1 saturated heterocycles. The highest BCUT2D eigenvalue weighted by Gasteiger charge is 2.42. The molecule has 0 radical (unpaired) electrons. The molecule has 2 amide bonds. The van der Waals surface area contributed by atoms with Gasteiger partial charge in [0.15, 0.2) is 0 Å². The molecule has 0 bridgehead atoms. The van der Waals surface area contributed by atoms with Gasteiger partial charge in [-0.15, -0.1) is 0 Å². The zero-order chi connectivity index (χ0) is 17.4. The highest BCUT2D eigenvalue weighted by Crippen LogP contribution is 2.35. The van der Waals surface area contributed by atoms with Crippen molar-refractivity contribution in [3.63, 3.8) is 0 Å². The van der Waals surface area contributed by atoms with E-state index in [1.165, 1.54) is 24.3 Å². The lowest BCUT2D eigenvalue weighted by Gasteiger charge is -2.20. The van der Waals surface area contributed by atoms with Gasteiger partial charge in [0.1, 0.15) is 11.5 Å². The lowest BCUT2D eigenvalue weighted by molar-refractivity contribution is -0.120. The Hall–Kier alpha value is -2.95. The van der Waals surface area contributed by atoms with Crippen LogP contribution in [0.4, 0.5) is 10.1 Å². The van der Waals surface area contributed by atoms with E-state index >= 15 is 0 Å². The third-order valence-electron chi connectivity index (χ3n) is 4.63. The molecule has 0 atom stereocenters. The van der Waals surface area contributed by atoms with Crippen LogP contribution in [0, 0.1) is 5.82 Å². The third-order valence-corrected chi connectivity index (χ3v) is 4.63. The fourth-order valence-corrected chi connectivity index (χ4v) is 3.44. The number of nitrogens with zero attached hydrogens (tertiary/aromatic N) is 2. The Labute approximate surface area is 145 Å². The Morgan fingerprint density at radius 3 is 2.08 bits per heavy atom. The summed E-state index contributed by atoms with van der Waals surface area (Å²) in [5, 5.41) is 0. The number of rotatable bonds is 3. The van der Waals surface area contributed by atoms with Crippen molar-refractivity contribution in [1.82, 2.24) is 4.90 Å². The van der Waals surface area contributed by atoms with Crippen LogP contribution in [-0.2, 0) is 9.59 Å². The predicted octanol–water partition coefficient (Wildman–Crippen LogP) is 3.21. The van der Waals surface area contributed by atoms with Crippen LogP contribution < -0.4 is 4.90 Å². The highest BCUT2D eigenvalue weighted by atomic mass is 19.1. The average molecular weight is 336 g/mol. The Morgan fingerprint density at radius 2 is 1.44 bits per heavy atom. The molecule has 2 aromatic rings. The molecule has 0 unspecified atom stereocenters. The summed E-state index contributed by atoms with van der Waals surface area (Å²) in [5.41, 5.74) is 2.00. The van der Waals surface area contributed by atoms with Gasteiger partial charge in [0.05, 0.1) is 11.3 Å². The van der Waals surface area contributed by atoms with Gasteiger partial charge in [-0.3, -0.25) is 9.59 Å². The topological polar surface area (TPSA) is 40.6 Å². The number of amides is 2. The van der Waals surface area contributed by atoms with Crippen LogP contribution in [0.3, 0.4) is 0 Å². The number of benzene rings is 2. The molecule has 0 aromatic heterocycles. The number of anilines is 1. The number of halogens is 1. The zero-order valence-corrected chi connectivity index (χ0v) is 13.6. The third kappa shape index (κ3) is 2.61. The van der Waals surface area contributed by atoms with Crippen molar-refractivity contribution >= 4 is 23.1 Å². The maximum atomic E-state index is 13.2. The normalized spacial score (nSPS) is 17.8. The van der Waals surface area contributed by atoms with Crippen LogP contribution in [0.2, 0.25) is 0 Å². The second-order valence-electron chi connectivity index (χ2n) is 6.21. The SMILES string of the molecule is O=C1C(c2ccccc2)=C(N2CCCC2)C(=O)N1c1ccc(F)cc1. The van der Waals surface area contributed by atoms with Crippen molar-refractivity contribution in [2.45, 2.75) is 12.8 Å². The summed E-state index contributed by atoms with van der Waals surface area (Å²) in [4.78, 5) is 29.3. The summed E-state index contributed by atoms with van der Waals surface area (Å²) < 4.78 is 13.2. The summed E-state index contributed by atoms with van der Waals surface area (Å²) in [7, 11) is 0. The van der Waals surface area contributed by atoms with Crippen LogP contribution in [0.25, 0.3) is 5.57 Å². The predicted molar refractivity (Wildman–Crippen MR) is 93.1 cm³/mol.